The summed E-state index contributed by atoms with van der Waals surface area (Å²) in [5.74, 6) is -0.968. The summed E-state index contributed by atoms with van der Waals surface area (Å²) in [7, 11) is 0. The molecule has 5 amide bonds. The number of hydrogen-bond donors (Lipinski definition) is 4. The maximum atomic E-state index is 14.0. The molecule has 0 fully saturated rings. The molecular weight excluding hydrogens is 1100 g/mol. The number of amides is 5. The Kier molecular flexibility index (Phi) is 27.7. The normalized spacial score (nSPS) is 10.8. The van der Waals surface area contributed by atoms with Crippen molar-refractivity contribution in [2.75, 3.05) is 39.3 Å². The molecule has 0 aromatic heterocycles. The zero-order valence-corrected chi connectivity index (χ0v) is 49.3. The van der Waals surface area contributed by atoms with Gasteiger partial charge in [0.1, 0.15) is 33.0 Å². The van der Waals surface area contributed by atoms with Gasteiger partial charge >= 0.3 is 5.97 Å². The standard InChI is InChI=1S/C70H79N5O12/c76-63(71-43-17-6-19-48-75(65(78)39-23-40-66(79)80)87-53-58-33-15-5-16-34-58)41-42-64(77)74(47-24-45-73-70(82)60-36-22-38-62(84-50-55-27-9-2-10-28-55)68(60)86-52-57-31-13-4-14-32-57)46-20-18-44-72-69(81)59-35-21-37-61(83-49-54-25-7-1-8-26-54)67(59)85-51-56-29-11-3-12-30-56/h1-5,7-16,21-22,25-38H,6,17-20,23-24,39-53H2,(H,71,76)(H,72,81)(H,73,82)(H,79,80). The van der Waals surface area contributed by atoms with Crippen LogP contribution in [0.15, 0.2) is 188 Å². The molecule has 0 aliphatic carbocycles. The molecule has 0 unspecified atom stereocenters. The summed E-state index contributed by atoms with van der Waals surface area (Å²) in [6.45, 7) is 3.00. The largest absolute Gasteiger partial charge is 0.485 e. The quantitative estimate of drug-likeness (QED) is 0.0209. The van der Waals surface area contributed by atoms with Gasteiger partial charge in [0.2, 0.25) is 17.7 Å². The lowest BCUT2D eigenvalue weighted by Crippen LogP contribution is -2.36. The number of rotatable bonds is 39. The van der Waals surface area contributed by atoms with Gasteiger partial charge in [0.15, 0.2) is 23.0 Å². The number of nitrogens with one attached hydrogen (secondary N) is 3. The number of carboxylic acid groups (broad SMARTS) is 1. The number of aliphatic carboxylic acids is 1. The predicted octanol–water partition coefficient (Wildman–Crippen LogP) is 11.4. The van der Waals surface area contributed by atoms with Crippen molar-refractivity contribution in [3.8, 4) is 23.0 Å². The van der Waals surface area contributed by atoms with Gasteiger partial charge in [-0.2, -0.15) is 0 Å². The van der Waals surface area contributed by atoms with E-state index in [1.54, 1.807) is 41.3 Å². The van der Waals surface area contributed by atoms with Crippen molar-refractivity contribution >= 4 is 35.5 Å². The minimum atomic E-state index is -0.966. The van der Waals surface area contributed by atoms with Crippen molar-refractivity contribution in [2.24, 2.45) is 0 Å². The highest BCUT2D eigenvalue weighted by atomic mass is 16.7. The molecule has 0 bridgehead atoms. The average Bonchev–Trinajstić information content (AvgIpc) is 3.09. The monoisotopic (exact) mass is 1180 g/mol. The van der Waals surface area contributed by atoms with Crippen LogP contribution in [0.2, 0.25) is 0 Å². The molecule has 0 aliphatic rings. The Morgan fingerprint density at radius 1 is 0.356 bits per heavy atom. The Hall–Kier alpha value is -9.48. The topological polar surface area (TPSA) is 211 Å². The highest BCUT2D eigenvalue weighted by Gasteiger charge is 2.22. The van der Waals surface area contributed by atoms with Crippen molar-refractivity contribution in [1.29, 1.82) is 0 Å². The Bertz CT molecular complexity index is 3210. The third kappa shape index (κ3) is 23.5. The van der Waals surface area contributed by atoms with E-state index in [9.17, 15) is 28.8 Å². The molecule has 0 spiro atoms. The van der Waals surface area contributed by atoms with Crippen LogP contribution < -0.4 is 34.9 Å². The molecule has 7 rings (SSSR count). The molecule has 17 nitrogen and oxygen atoms in total. The number of benzene rings is 7. The van der Waals surface area contributed by atoms with Crippen LogP contribution >= 0.6 is 0 Å². The summed E-state index contributed by atoms with van der Waals surface area (Å²) < 4.78 is 25.0. The van der Waals surface area contributed by atoms with Crippen LogP contribution in [-0.2, 0) is 57.1 Å². The third-order valence-corrected chi connectivity index (χ3v) is 14.0. The van der Waals surface area contributed by atoms with Gasteiger partial charge in [0.25, 0.3) is 11.8 Å². The van der Waals surface area contributed by atoms with Crippen molar-refractivity contribution in [3.05, 3.63) is 227 Å². The first-order valence-corrected chi connectivity index (χ1v) is 29.8. The van der Waals surface area contributed by atoms with E-state index in [0.29, 0.717) is 98.8 Å². The van der Waals surface area contributed by atoms with E-state index in [0.717, 1.165) is 27.8 Å². The van der Waals surface area contributed by atoms with Crippen molar-refractivity contribution in [3.63, 3.8) is 0 Å². The second kappa shape index (κ2) is 37.1. The van der Waals surface area contributed by atoms with E-state index in [1.165, 1.54) is 5.06 Å². The van der Waals surface area contributed by atoms with Gasteiger partial charge in [-0.05, 0) is 97.0 Å². The Labute approximate surface area is 509 Å². The second-order valence-corrected chi connectivity index (χ2v) is 20.7. The van der Waals surface area contributed by atoms with Gasteiger partial charge < -0.3 is 44.9 Å². The molecule has 0 heterocycles. The van der Waals surface area contributed by atoms with Crippen molar-refractivity contribution in [2.45, 2.75) is 104 Å². The summed E-state index contributed by atoms with van der Waals surface area (Å²) in [6, 6.07) is 58.7. The maximum absolute atomic E-state index is 14.0. The molecule has 7 aromatic rings. The number of carbonyl (C=O) groups excluding carboxylic acids is 5. The summed E-state index contributed by atoms with van der Waals surface area (Å²) in [5.41, 5.74) is 5.28. The Morgan fingerprint density at radius 2 is 0.770 bits per heavy atom. The Balaban J connectivity index is 0.933. The molecule has 0 aliphatic heterocycles. The summed E-state index contributed by atoms with van der Waals surface area (Å²) in [6.07, 6.45) is 3.41. The first-order chi connectivity index (χ1) is 42.6. The third-order valence-electron chi connectivity index (χ3n) is 14.0. The molecule has 0 saturated heterocycles. The predicted molar refractivity (Wildman–Crippen MR) is 332 cm³/mol. The maximum Gasteiger partial charge on any atom is 0.303 e. The lowest BCUT2D eigenvalue weighted by atomic mass is 10.1. The molecule has 17 heteroatoms. The minimum Gasteiger partial charge on any atom is -0.485 e. The second-order valence-electron chi connectivity index (χ2n) is 20.7. The van der Waals surface area contributed by atoms with E-state index in [1.807, 2.05) is 152 Å². The van der Waals surface area contributed by atoms with Gasteiger partial charge in [-0.15, -0.1) is 0 Å². The summed E-state index contributed by atoms with van der Waals surface area (Å²) >= 11 is 0. The number of hydrogen-bond acceptors (Lipinski definition) is 11. The van der Waals surface area contributed by atoms with Crippen LogP contribution in [0.25, 0.3) is 0 Å². The van der Waals surface area contributed by atoms with E-state index < -0.39 is 5.97 Å². The zero-order valence-electron chi connectivity index (χ0n) is 49.3. The minimum absolute atomic E-state index is 0.0364. The summed E-state index contributed by atoms with van der Waals surface area (Å²) in [5, 5.41) is 19.3. The number of para-hydroxylation sites is 2. The highest BCUT2D eigenvalue weighted by Crippen LogP contribution is 2.34. The SMILES string of the molecule is O=C(O)CCCC(=O)N(CCCCCNC(=O)CCC(=O)N(CCCCNC(=O)c1cccc(OCc2ccccc2)c1OCc1ccccc1)CCCNC(=O)c1cccc(OCc2ccccc2)c1OCc1ccccc1)OCc1ccccc1. The van der Waals surface area contributed by atoms with E-state index >= 15 is 0 Å². The fraction of sp³-hybridized carbons (Fsp3) is 0.314. The van der Waals surface area contributed by atoms with E-state index in [-0.39, 0.29) is 108 Å². The molecule has 0 saturated carbocycles. The smallest absolute Gasteiger partial charge is 0.303 e. The number of carboxylic acids is 1. The van der Waals surface area contributed by atoms with E-state index in [4.69, 9.17) is 28.9 Å². The average molecular weight is 1180 g/mol. The number of ether oxygens (including phenoxy) is 4. The van der Waals surface area contributed by atoms with Gasteiger partial charge in [-0.25, -0.2) is 5.06 Å². The van der Waals surface area contributed by atoms with Gasteiger partial charge in [-0.1, -0.05) is 164 Å². The van der Waals surface area contributed by atoms with Crippen molar-refractivity contribution in [1.82, 2.24) is 25.9 Å². The molecule has 456 valence electrons. The lowest BCUT2D eigenvalue weighted by Gasteiger charge is -2.23. The van der Waals surface area contributed by atoms with Crippen LogP contribution in [0.3, 0.4) is 0 Å². The highest BCUT2D eigenvalue weighted by molar-refractivity contribution is 5.98. The number of unbranched alkanes of at least 4 members (excludes halogenated alkanes) is 3. The molecule has 87 heavy (non-hydrogen) atoms. The first-order valence-electron chi connectivity index (χ1n) is 29.8. The van der Waals surface area contributed by atoms with Gasteiger partial charge in [0, 0.05) is 65.0 Å². The number of nitrogens with zero attached hydrogens (tertiary/aromatic N) is 2. The fourth-order valence-corrected chi connectivity index (χ4v) is 9.25. The zero-order chi connectivity index (χ0) is 61.1. The van der Waals surface area contributed by atoms with Gasteiger partial charge in [0.05, 0.1) is 11.1 Å². The van der Waals surface area contributed by atoms with Gasteiger partial charge in [-0.3, -0.25) is 33.6 Å². The molecule has 7 aromatic carbocycles. The summed E-state index contributed by atoms with van der Waals surface area (Å²) in [4.78, 5) is 86.6. The molecular formula is C70H79N5O12. The Morgan fingerprint density at radius 3 is 1.25 bits per heavy atom. The van der Waals surface area contributed by atoms with Crippen LogP contribution in [0.5, 0.6) is 23.0 Å². The number of hydroxylamine groups is 2. The number of carbonyl (C=O) groups is 6. The fourth-order valence-electron chi connectivity index (χ4n) is 9.25. The lowest BCUT2D eigenvalue weighted by molar-refractivity contribution is -0.192. The van der Waals surface area contributed by atoms with E-state index in [2.05, 4.69) is 16.0 Å². The van der Waals surface area contributed by atoms with Crippen molar-refractivity contribution < 1.29 is 57.7 Å². The van der Waals surface area contributed by atoms with Crippen LogP contribution in [0.4, 0.5) is 0 Å². The molecule has 0 radical (unpaired) electrons. The molecule has 0 atom stereocenters. The molecule has 4 N–H and O–H groups in total. The van der Waals surface area contributed by atoms with Crippen LogP contribution in [0, 0.1) is 0 Å². The van der Waals surface area contributed by atoms with Crippen LogP contribution in [-0.4, -0.2) is 89.8 Å². The first kappa shape index (κ1) is 65.1. The van der Waals surface area contributed by atoms with Crippen LogP contribution in [0.1, 0.15) is 119 Å².